The van der Waals surface area contributed by atoms with Crippen molar-refractivity contribution in [2.45, 2.75) is 32.7 Å². The van der Waals surface area contributed by atoms with Crippen LogP contribution in [0.5, 0.6) is 5.75 Å². The lowest BCUT2D eigenvalue weighted by atomic mass is 10.2. The van der Waals surface area contributed by atoms with E-state index in [0.29, 0.717) is 11.6 Å². The third-order valence-corrected chi connectivity index (χ3v) is 3.75. The molecule has 110 valence electrons. The van der Waals surface area contributed by atoms with Gasteiger partial charge < -0.3 is 10.1 Å². The first-order chi connectivity index (χ1) is 10.1. The van der Waals surface area contributed by atoms with E-state index < -0.39 is 0 Å². The van der Waals surface area contributed by atoms with Crippen molar-refractivity contribution in [2.75, 3.05) is 7.11 Å². The Bertz CT molecular complexity index is 670. The molecule has 1 aromatic heterocycles. The van der Waals surface area contributed by atoms with Gasteiger partial charge in [0.15, 0.2) is 0 Å². The number of ether oxygens (including phenoxy) is 1. The van der Waals surface area contributed by atoms with Crippen molar-refractivity contribution < 1.29 is 9.53 Å². The number of nitrogens with zero attached hydrogens (tertiary/aromatic N) is 2. The number of carbonyl (C=O) groups is 1. The van der Waals surface area contributed by atoms with Crippen molar-refractivity contribution in [3.8, 4) is 11.4 Å². The van der Waals surface area contributed by atoms with E-state index in [4.69, 9.17) is 4.74 Å². The van der Waals surface area contributed by atoms with Crippen molar-refractivity contribution in [1.82, 2.24) is 15.1 Å². The van der Waals surface area contributed by atoms with Gasteiger partial charge in [-0.25, -0.2) is 4.68 Å². The Labute approximate surface area is 123 Å². The molecule has 1 heterocycles. The van der Waals surface area contributed by atoms with Gasteiger partial charge in [-0.2, -0.15) is 5.10 Å². The van der Waals surface area contributed by atoms with Gasteiger partial charge in [-0.05, 0) is 51.0 Å². The number of methoxy groups -OCH3 is 1. The van der Waals surface area contributed by atoms with E-state index in [2.05, 4.69) is 10.4 Å². The van der Waals surface area contributed by atoms with E-state index in [9.17, 15) is 4.79 Å². The first kappa shape index (κ1) is 13.7. The summed E-state index contributed by atoms with van der Waals surface area (Å²) in [7, 11) is 1.64. The second-order valence-corrected chi connectivity index (χ2v) is 5.40. The normalized spacial score (nSPS) is 14.0. The zero-order chi connectivity index (χ0) is 15.0. The molecule has 1 saturated carbocycles. The number of benzene rings is 1. The molecule has 0 aliphatic heterocycles. The molecule has 5 heteroatoms. The quantitative estimate of drug-likeness (QED) is 0.938. The number of aryl methyl sites for hydroxylation is 1. The molecule has 1 N–H and O–H groups in total. The largest absolute Gasteiger partial charge is 0.497 e. The Morgan fingerprint density at radius 1 is 1.29 bits per heavy atom. The monoisotopic (exact) mass is 285 g/mol. The van der Waals surface area contributed by atoms with Crippen LogP contribution in [0.1, 0.15) is 34.6 Å². The fourth-order valence-corrected chi connectivity index (χ4v) is 2.43. The van der Waals surface area contributed by atoms with Gasteiger partial charge in [0.1, 0.15) is 5.75 Å². The number of amides is 1. The van der Waals surface area contributed by atoms with Crippen LogP contribution in [-0.2, 0) is 0 Å². The molecule has 3 rings (SSSR count). The number of carbonyl (C=O) groups excluding carboxylic acids is 1. The highest BCUT2D eigenvalue weighted by molar-refractivity contribution is 5.96. The SMILES string of the molecule is COc1ccc(-n2nc(C)c(C(=O)NC3CC3)c2C)cc1. The summed E-state index contributed by atoms with van der Waals surface area (Å²) in [6.45, 7) is 3.79. The van der Waals surface area contributed by atoms with Crippen LogP contribution in [0.25, 0.3) is 5.69 Å². The van der Waals surface area contributed by atoms with Crippen molar-refractivity contribution in [1.29, 1.82) is 0 Å². The van der Waals surface area contributed by atoms with E-state index in [0.717, 1.165) is 35.7 Å². The molecule has 1 fully saturated rings. The number of rotatable bonds is 4. The number of aromatic nitrogens is 2. The van der Waals surface area contributed by atoms with Gasteiger partial charge in [0, 0.05) is 6.04 Å². The minimum atomic E-state index is -0.0211. The van der Waals surface area contributed by atoms with Gasteiger partial charge in [0.2, 0.25) is 0 Å². The summed E-state index contributed by atoms with van der Waals surface area (Å²) in [6, 6.07) is 7.98. The fraction of sp³-hybridized carbons (Fsp3) is 0.375. The van der Waals surface area contributed by atoms with E-state index in [1.807, 2.05) is 38.1 Å². The highest BCUT2D eigenvalue weighted by Crippen LogP contribution is 2.23. The smallest absolute Gasteiger partial charge is 0.255 e. The topological polar surface area (TPSA) is 56.2 Å². The van der Waals surface area contributed by atoms with Crippen LogP contribution in [0, 0.1) is 13.8 Å². The maximum atomic E-state index is 12.3. The molecule has 2 aromatic rings. The summed E-state index contributed by atoms with van der Waals surface area (Å²) in [5.74, 6) is 0.777. The molecule has 0 atom stereocenters. The van der Waals surface area contributed by atoms with E-state index in [1.165, 1.54) is 0 Å². The average molecular weight is 285 g/mol. The molecule has 0 unspecified atom stereocenters. The Balaban J connectivity index is 1.93. The first-order valence-corrected chi connectivity index (χ1v) is 7.11. The van der Waals surface area contributed by atoms with Crippen LogP contribution < -0.4 is 10.1 Å². The number of hydrogen-bond donors (Lipinski definition) is 1. The van der Waals surface area contributed by atoms with E-state index in [1.54, 1.807) is 11.8 Å². The van der Waals surface area contributed by atoms with Crippen LogP contribution in [-0.4, -0.2) is 28.8 Å². The highest BCUT2D eigenvalue weighted by Gasteiger charge is 2.27. The number of nitrogens with one attached hydrogen (secondary N) is 1. The molecule has 1 amide bonds. The predicted molar refractivity (Wildman–Crippen MR) is 80.1 cm³/mol. The third kappa shape index (κ3) is 2.63. The predicted octanol–water partition coefficient (Wildman–Crippen LogP) is 2.39. The minimum Gasteiger partial charge on any atom is -0.497 e. The maximum absolute atomic E-state index is 12.3. The molecule has 21 heavy (non-hydrogen) atoms. The van der Waals surface area contributed by atoms with Crippen molar-refractivity contribution >= 4 is 5.91 Å². The van der Waals surface area contributed by atoms with E-state index >= 15 is 0 Å². The Kier molecular flexibility index (Phi) is 3.41. The first-order valence-electron chi connectivity index (χ1n) is 7.11. The summed E-state index contributed by atoms with van der Waals surface area (Å²) in [5.41, 5.74) is 3.21. The second kappa shape index (κ2) is 5.24. The van der Waals surface area contributed by atoms with Crippen LogP contribution in [0.15, 0.2) is 24.3 Å². The maximum Gasteiger partial charge on any atom is 0.255 e. The molecular weight excluding hydrogens is 266 g/mol. The highest BCUT2D eigenvalue weighted by atomic mass is 16.5. The molecular formula is C16H19N3O2. The van der Waals surface area contributed by atoms with Crippen LogP contribution >= 0.6 is 0 Å². The third-order valence-electron chi connectivity index (χ3n) is 3.75. The van der Waals surface area contributed by atoms with Gasteiger partial charge in [0.05, 0.1) is 29.7 Å². The Morgan fingerprint density at radius 3 is 2.52 bits per heavy atom. The van der Waals surface area contributed by atoms with Gasteiger partial charge in [0.25, 0.3) is 5.91 Å². The van der Waals surface area contributed by atoms with Crippen molar-refractivity contribution in [3.63, 3.8) is 0 Å². The lowest BCUT2D eigenvalue weighted by Gasteiger charge is -2.07. The van der Waals surface area contributed by atoms with E-state index in [-0.39, 0.29) is 5.91 Å². The molecule has 0 saturated heterocycles. The van der Waals surface area contributed by atoms with Crippen LogP contribution in [0.3, 0.4) is 0 Å². The summed E-state index contributed by atoms with van der Waals surface area (Å²) in [4.78, 5) is 12.3. The standard InChI is InChI=1S/C16H19N3O2/c1-10-15(16(20)17-12-4-5-12)11(2)19(18-10)13-6-8-14(21-3)9-7-13/h6-9,12H,4-5H2,1-3H3,(H,17,20). The van der Waals surface area contributed by atoms with Crippen LogP contribution in [0.4, 0.5) is 0 Å². The minimum absolute atomic E-state index is 0.0211. The molecule has 1 aromatic carbocycles. The molecule has 1 aliphatic rings. The zero-order valence-corrected chi connectivity index (χ0v) is 12.5. The summed E-state index contributed by atoms with van der Waals surface area (Å²) in [5, 5.41) is 7.52. The molecule has 5 nitrogen and oxygen atoms in total. The average Bonchev–Trinajstić information content (AvgIpc) is 3.23. The molecule has 0 spiro atoms. The van der Waals surface area contributed by atoms with Crippen molar-refractivity contribution in [3.05, 3.63) is 41.2 Å². The zero-order valence-electron chi connectivity index (χ0n) is 12.5. The van der Waals surface area contributed by atoms with Gasteiger partial charge in [-0.1, -0.05) is 0 Å². The summed E-state index contributed by atoms with van der Waals surface area (Å²) < 4.78 is 6.96. The van der Waals surface area contributed by atoms with Gasteiger partial charge in [-0.15, -0.1) is 0 Å². The second-order valence-electron chi connectivity index (χ2n) is 5.40. The Hall–Kier alpha value is -2.30. The van der Waals surface area contributed by atoms with Crippen LogP contribution in [0.2, 0.25) is 0 Å². The van der Waals surface area contributed by atoms with Gasteiger partial charge >= 0.3 is 0 Å². The summed E-state index contributed by atoms with van der Waals surface area (Å²) in [6.07, 6.45) is 2.16. The fourth-order valence-electron chi connectivity index (χ4n) is 2.43. The summed E-state index contributed by atoms with van der Waals surface area (Å²) >= 11 is 0. The molecule has 1 aliphatic carbocycles. The van der Waals surface area contributed by atoms with Crippen molar-refractivity contribution in [2.24, 2.45) is 0 Å². The lowest BCUT2D eigenvalue weighted by molar-refractivity contribution is 0.0950. The Morgan fingerprint density at radius 2 is 1.95 bits per heavy atom. The molecule has 0 bridgehead atoms. The lowest BCUT2D eigenvalue weighted by Crippen LogP contribution is -2.26. The molecule has 0 radical (unpaired) electrons. The number of hydrogen-bond acceptors (Lipinski definition) is 3. The van der Waals surface area contributed by atoms with Gasteiger partial charge in [-0.3, -0.25) is 4.79 Å².